The number of nitrogen functional groups attached to an aromatic ring is 1. The summed E-state index contributed by atoms with van der Waals surface area (Å²) in [5, 5.41) is 5.64. The van der Waals surface area contributed by atoms with Crippen molar-refractivity contribution >= 4 is 27.8 Å². The summed E-state index contributed by atoms with van der Waals surface area (Å²) in [7, 11) is 0. The Morgan fingerprint density at radius 3 is 2.39 bits per heavy atom. The lowest BCUT2D eigenvalue weighted by Gasteiger charge is -2.17. The number of nitrogens with one attached hydrogen (secondary N) is 1. The van der Waals surface area contributed by atoms with Gasteiger partial charge in [0.2, 0.25) is 0 Å². The Kier molecular flexibility index (Phi) is 4.89. The number of nitrogens with zero attached hydrogens (tertiary/aromatic N) is 2. The molecule has 4 heteroatoms. The van der Waals surface area contributed by atoms with E-state index in [0.717, 1.165) is 39.2 Å². The zero-order valence-corrected chi connectivity index (χ0v) is 17.4. The minimum absolute atomic E-state index is 0.203. The van der Waals surface area contributed by atoms with Gasteiger partial charge in [0.1, 0.15) is 5.82 Å². The van der Waals surface area contributed by atoms with Crippen molar-refractivity contribution in [3.05, 3.63) is 109 Å². The van der Waals surface area contributed by atoms with Gasteiger partial charge in [0.15, 0.2) is 0 Å². The quantitative estimate of drug-likeness (QED) is 0.323. The zero-order valence-electron chi connectivity index (χ0n) is 17.4. The van der Waals surface area contributed by atoms with Crippen molar-refractivity contribution in [3.8, 4) is 11.4 Å². The van der Waals surface area contributed by atoms with Gasteiger partial charge in [-0.05, 0) is 48.2 Å². The average Bonchev–Trinajstić information content (AvgIpc) is 3.31. The van der Waals surface area contributed by atoms with E-state index in [1.165, 1.54) is 5.56 Å². The van der Waals surface area contributed by atoms with Gasteiger partial charge in [-0.15, -0.1) is 0 Å². The molecule has 0 bridgehead atoms. The number of benzene rings is 4. The summed E-state index contributed by atoms with van der Waals surface area (Å²) < 4.78 is 2.21. The third kappa shape index (κ3) is 3.64. The molecule has 0 saturated carbocycles. The fourth-order valence-electron chi connectivity index (χ4n) is 4.00. The van der Waals surface area contributed by atoms with E-state index >= 15 is 0 Å². The summed E-state index contributed by atoms with van der Waals surface area (Å²) in [5.74, 6) is 0.952. The second-order valence-electron chi connectivity index (χ2n) is 7.70. The van der Waals surface area contributed by atoms with Crippen molar-refractivity contribution in [1.82, 2.24) is 9.55 Å². The number of aromatic nitrogens is 2. The number of nitrogens with two attached hydrogens (primary N) is 1. The van der Waals surface area contributed by atoms with Crippen LogP contribution in [0, 0.1) is 0 Å². The van der Waals surface area contributed by atoms with Crippen LogP contribution in [-0.4, -0.2) is 9.55 Å². The molecule has 0 radical (unpaired) electrons. The van der Waals surface area contributed by atoms with E-state index in [-0.39, 0.29) is 6.04 Å². The molecule has 1 atom stereocenters. The molecule has 1 heterocycles. The van der Waals surface area contributed by atoms with Crippen LogP contribution < -0.4 is 11.1 Å². The summed E-state index contributed by atoms with van der Waals surface area (Å²) in [5.41, 5.74) is 11.4. The van der Waals surface area contributed by atoms with Crippen molar-refractivity contribution in [2.24, 2.45) is 0 Å². The van der Waals surface area contributed by atoms with Crippen molar-refractivity contribution < 1.29 is 0 Å². The molecule has 1 unspecified atom stereocenters. The van der Waals surface area contributed by atoms with Crippen molar-refractivity contribution in [2.75, 3.05) is 11.1 Å². The first-order valence-electron chi connectivity index (χ1n) is 10.4. The van der Waals surface area contributed by atoms with Gasteiger partial charge in [0.05, 0.1) is 17.4 Å². The van der Waals surface area contributed by atoms with Crippen LogP contribution in [0.25, 0.3) is 22.2 Å². The Balaban J connectivity index is 1.41. The maximum Gasteiger partial charge on any atom is 0.140 e. The van der Waals surface area contributed by atoms with Crippen LogP contribution in [0.4, 0.5) is 17.1 Å². The summed E-state index contributed by atoms with van der Waals surface area (Å²) in [6.07, 6.45) is 3.89. The third-order valence-electron chi connectivity index (χ3n) is 5.76. The first-order valence-corrected chi connectivity index (χ1v) is 10.4. The molecule has 0 amide bonds. The van der Waals surface area contributed by atoms with Crippen LogP contribution in [0.5, 0.6) is 0 Å². The molecule has 0 spiro atoms. The Hall–Kier alpha value is -4.05. The van der Waals surface area contributed by atoms with Gasteiger partial charge < -0.3 is 15.6 Å². The Labute approximate surface area is 182 Å². The number of fused-ring (bicyclic) bond motifs is 1. The van der Waals surface area contributed by atoms with E-state index in [1.54, 1.807) is 0 Å². The monoisotopic (exact) mass is 404 g/mol. The smallest absolute Gasteiger partial charge is 0.140 e. The van der Waals surface area contributed by atoms with Gasteiger partial charge in [0, 0.05) is 29.0 Å². The molecular weight excluding hydrogens is 380 g/mol. The van der Waals surface area contributed by atoms with Gasteiger partial charge in [-0.1, -0.05) is 60.7 Å². The first-order chi connectivity index (χ1) is 15.2. The van der Waals surface area contributed by atoms with Gasteiger partial charge in [-0.3, -0.25) is 0 Å². The number of hydrogen-bond donors (Lipinski definition) is 2. The standard InChI is InChI=1S/C27H24N4/c1-19(20-7-3-2-4-8-20)31-18-17-29-27(31)22-11-14-23(15-12-22)30-25-16-13-21-9-5-6-10-24(21)26(25)28/h2-19,30H,28H2,1H3. The maximum atomic E-state index is 6.41. The van der Waals surface area contributed by atoms with Crippen LogP contribution in [0.15, 0.2) is 103 Å². The van der Waals surface area contributed by atoms with Crippen molar-refractivity contribution in [2.45, 2.75) is 13.0 Å². The van der Waals surface area contributed by atoms with Gasteiger partial charge >= 0.3 is 0 Å². The van der Waals surface area contributed by atoms with Crippen LogP contribution >= 0.6 is 0 Å². The van der Waals surface area contributed by atoms with E-state index in [0.29, 0.717) is 0 Å². The molecule has 0 fully saturated rings. The summed E-state index contributed by atoms with van der Waals surface area (Å²) in [4.78, 5) is 4.62. The van der Waals surface area contributed by atoms with E-state index in [9.17, 15) is 0 Å². The molecule has 152 valence electrons. The highest BCUT2D eigenvalue weighted by Crippen LogP contribution is 2.32. The minimum Gasteiger partial charge on any atom is -0.397 e. The van der Waals surface area contributed by atoms with Gasteiger partial charge in [-0.25, -0.2) is 4.98 Å². The molecule has 5 aromatic rings. The fourth-order valence-corrected chi connectivity index (χ4v) is 4.00. The minimum atomic E-state index is 0.203. The van der Waals surface area contributed by atoms with E-state index in [2.05, 4.69) is 82.5 Å². The van der Waals surface area contributed by atoms with E-state index in [1.807, 2.05) is 42.7 Å². The summed E-state index contributed by atoms with van der Waals surface area (Å²) in [6, 6.07) is 31.3. The number of rotatable bonds is 5. The molecule has 1 aromatic heterocycles. The van der Waals surface area contributed by atoms with E-state index < -0.39 is 0 Å². The maximum absolute atomic E-state index is 6.41. The predicted molar refractivity (Wildman–Crippen MR) is 130 cm³/mol. The topological polar surface area (TPSA) is 55.9 Å². The van der Waals surface area contributed by atoms with Crippen LogP contribution in [0.1, 0.15) is 18.5 Å². The number of anilines is 3. The molecule has 4 aromatic carbocycles. The molecule has 0 aliphatic heterocycles. The molecule has 4 nitrogen and oxygen atoms in total. The SMILES string of the molecule is CC(c1ccccc1)n1ccnc1-c1ccc(Nc2ccc3ccccc3c2N)cc1. The lowest BCUT2D eigenvalue weighted by atomic mass is 10.1. The second-order valence-corrected chi connectivity index (χ2v) is 7.70. The normalized spacial score (nSPS) is 12.0. The Bertz CT molecular complexity index is 1320. The summed E-state index contributed by atoms with van der Waals surface area (Å²) in [6.45, 7) is 2.19. The molecule has 0 saturated heterocycles. The van der Waals surface area contributed by atoms with Gasteiger partial charge in [0.25, 0.3) is 0 Å². The van der Waals surface area contributed by atoms with Crippen LogP contribution in [-0.2, 0) is 0 Å². The first kappa shape index (κ1) is 18.9. The largest absolute Gasteiger partial charge is 0.397 e. The van der Waals surface area contributed by atoms with Crippen LogP contribution in [0.2, 0.25) is 0 Å². The third-order valence-corrected chi connectivity index (χ3v) is 5.76. The predicted octanol–water partition coefficient (Wildman–Crippen LogP) is 6.64. The molecule has 0 aliphatic carbocycles. The lowest BCUT2D eigenvalue weighted by Crippen LogP contribution is -2.07. The lowest BCUT2D eigenvalue weighted by molar-refractivity contribution is 0.646. The molecular formula is C27H24N4. The van der Waals surface area contributed by atoms with E-state index in [4.69, 9.17) is 5.73 Å². The molecule has 3 N–H and O–H groups in total. The average molecular weight is 405 g/mol. The Morgan fingerprint density at radius 2 is 1.58 bits per heavy atom. The summed E-state index contributed by atoms with van der Waals surface area (Å²) >= 11 is 0. The Morgan fingerprint density at radius 1 is 0.839 bits per heavy atom. The highest BCUT2D eigenvalue weighted by atomic mass is 15.1. The number of imidazole rings is 1. The highest BCUT2D eigenvalue weighted by molar-refractivity contribution is 5.99. The van der Waals surface area contributed by atoms with Crippen molar-refractivity contribution in [1.29, 1.82) is 0 Å². The fraction of sp³-hybridized carbons (Fsp3) is 0.0741. The number of hydrogen-bond acceptors (Lipinski definition) is 3. The van der Waals surface area contributed by atoms with Gasteiger partial charge in [-0.2, -0.15) is 0 Å². The van der Waals surface area contributed by atoms with Crippen LogP contribution in [0.3, 0.4) is 0 Å². The highest BCUT2D eigenvalue weighted by Gasteiger charge is 2.13. The molecule has 5 rings (SSSR count). The van der Waals surface area contributed by atoms with Crippen molar-refractivity contribution in [3.63, 3.8) is 0 Å². The molecule has 0 aliphatic rings. The molecule has 31 heavy (non-hydrogen) atoms. The second kappa shape index (κ2) is 8.00. The zero-order chi connectivity index (χ0) is 21.2.